The van der Waals surface area contributed by atoms with E-state index in [0.29, 0.717) is 40.2 Å². The molecule has 10 heteroatoms. The van der Waals surface area contributed by atoms with Crippen molar-refractivity contribution in [2.75, 3.05) is 7.11 Å². The average molecular weight is 556 g/mol. The third-order valence-electron chi connectivity index (χ3n) is 6.85. The quantitative estimate of drug-likeness (QED) is 0.250. The highest BCUT2D eigenvalue weighted by Crippen LogP contribution is 2.33. The van der Waals surface area contributed by atoms with E-state index < -0.39 is 5.60 Å². The minimum atomic E-state index is -0.766. The lowest BCUT2D eigenvalue weighted by molar-refractivity contribution is -0.0393. The van der Waals surface area contributed by atoms with Gasteiger partial charge in [-0.1, -0.05) is 35.3 Å². The standard InChI is InChI=1S/C28H31Cl2N5O3/c1-28(2,37-15-18-8-10-20(29)21(30)12-18)27-33-24-25(31)32-16-35(26(24)34-27)14-17-9-11-22(36-3)23(13-17)38-19-6-4-5-7-19/h8-13,16,19,31H,4-7,14-15H2,1-3H3,(H,33,34). The van der Waals surface area contributed by atoms with E-state index in [-0.39, 0.29) is 11.6 Å². The maximum absolute atomic E-state index is 8.35. The zero-order valence-electron chi connectivity index (χ0n) is 21.7. The number of hydrogen-bond acceptors (Lipinski definition) is 6. The Kier molecular flexibility index (Phi) is 7.66. The highest BCUT2D eigenvalue weighted by molar-refractivity contribution is 6.42. The lowest BCUT2D eigenvalue weighted by Crippen LogP contribution is -2.23. The first-order valence-electron chi connectivity index (χ1n) is 12.6. The number of H-pyrrole nitrogens is 1. The summed E-state index contributed by atoms with van der Waals surface area (Å²) >= 11 is 12.2. The van der Waals surface area contributed by atoms with Gasteiger partial charge < -0.3 is 23.8 Å². The second kappa shape index (κ2) is 11.0. The van der Waals surface area contributed by atoms with Gasteiger partial charge in [0.25, 0.3) is 0 Å². The van der Waals surface area contributed by atoms with Crippen LogP contribution < -0.4 is 15.0 Å². The van der Waals surface area contributed by atoms with E-state index >= 15 is 0 Å². The zero-order chi connectivity index (χ0) is 26.9. The molecule has 0 aliphatic heterocycles. The van der Waals surface area contributed by atoms with Crippen LogP contribution in [-0.2, 0) is 23.5 Å². The molecule has 8 nitrogen and oxygen atoms in total. The van der Waals surface area contributed by atoms with Gasteiger partial charge in [0.1, 0.15) is 16.9 Å². The molecule has 5 rings (SSSR count). The number of rotatable bonds is 9. The van der Waals surface area contributed by atoms with Crippen molar-refractivity contribution in [2.45, 2.75) is 64.4 Å². The molecule has 0 spiro atoms. The number of halogens is 2. The molecule has 2 aromatic carbocycles. The SMILES string of the molecule is COc1ccc(Cn2cnc(=N)c3[nH]c(C(C)(C)OCc4ccc(Cl)c(Cl)c4)nc32)cc1OC1CCCC1. The van der Waals surface area contributed by atoms with E-state index in [1.165, 1.54) is 12.8 Å². The number of nitrogens with one attached hydrogen (secondary N) is 2. The molecule has 200 valence electrons. The molecule has 0 unspecified atom stereocenters. The minimum absolute atomic E-state index is 0.121. The second-order valence-corrected chi connectivity index (χ2v) is 10.9. The van der Waals surface area contributed by atoms with Crippen molar-refractivity contribution >= 4 is 34.4 Å². The van der Waals surface area contributed by atoms with Crippen molar-refractivity contribution < 1.29 is 14.2 Å². The molecule has 1 aliphatic carbocycles. The van der Waals surface area contributed by atoms with Crippen LogP contribution in [0.1, 0.15) is 56.5 Å². The van der Waals surface area contributed by atoms with Gasteiger partial charge in [-0.2, -0.15) is 0 Å². The van der Waals surface area contributed by atoms with Gasteiger partial charge in [0.2, 0.25) is 0 Å². The van der Waals surface area contributed by atoms with Gasteiger partial charge in [-0.15, -0.1) is 0 Å². The number of nitrogens with zero attached hydrogens (tertiary/aromatic N) is 3. The van der Waals surface area contributed by atoms with E-state index in [0.717, 1.165) is 35.5 Å². The fourth-order valence-corrected chi connectivity index (χ4v) is 4.96. The van der Waals surface area contributed by atoms with Crippen LogP contribution in [0.3, 0.4) is 0 Å². The Hall–Kier alpha value is -3.07. The molecule has 38 heavy (non-hydrogen) atoms. The van der Waals surface area contributed by atoms with Crippen LogP contribution in [0, 0.1) is 5.41 Å². The maximum atomic E-state index is 8.35. The van der Waals surface area contributed by atoms with Crippen LogP contribution in [0.15, 0.2) is 42.7 Å². The van der Waals surface area contributed by atoms with Crippen LogP contribution in [0.4, 0.5) is 0 Å². The lowest BCUT2D eigenvalue weighted by Gasteiger charge is -2.23. The summed E-state index contributed by atoms with van der Waals surface area (Å²) in [6.07, 6.45) is 6.39. The Balaban J connectivity index is 1.40. The van der Waals surface area contributed by atoms with Crippen molar-refractivity contribution in [3.8, 4) is 11.5 Å². The Labute approximate surface area is 231 Å². The Morgan fingerprint density at radius 2 is 1.82 bits per heavy atom. The number of benzene rings is 2. The number of aromatic amines is 1. The van der Waals surface area contributed by atoms with Gasteiger partial charge in [-0.05, 0) is 74.9 Å². The molecule has 0 amide bonds. The highest BCUT2D eigenvalue weighted by atomic mass is 35.5. The number of imidazole rings is 1. The van der Waals surface area contributed by atoms with Crippen molar-refractivity contribution in [1.29, 1.82) is 5.41 Å². The van der Waals surface area contributed by atoms with E-state index in [2.05, 4.69) is 9.97 Å². The predicted octanol–water partition coefficient (Wildman–Crippen LogP) is 6.38. The normalized spacial score (nSPS) is 14.3. The summed E-state index contributed by atoms with van der Waals surface area (Å²) in [6, 6.07) is 11.4. The van der Waals surface area contributed by atoms with Gasteiger partial charge in [-0.25, -0.2) is 9.97 Å². The zero-order valence-corrected chi connectivity index (χ0v) is 23.2. The van der Waals surface area contributed by atoms with Gasteiger partial charge in [0, 0.05) is 0 Å². The smallest absolute Gasteiger partial charge is 0.173 e. The first kappa shape index (κ1) is 26.5. The molecule has 1 fully saturated rings. The molecule has 0 atom stereocenters. The van der Waals surface area contributed by atoms with E-state index in [9.17, 15) is 0 Å². The van der Waals surface area contributed by atoms with E-state index in [1.807, 2.05) is 42.7 Å². The monoisotopic (exact) mass is 555 g/mol. The topological polar surface area (TPSA) is 98.0 Å². The summed E-state index contributed by atoms with van der Waals surface area (Å²) in [7, 11) is 1.66. The third kappa shape index (κ3) is 5.67. The number of fused-ring (bicyclic) bond motifs is 1. The van der Waals surface area contributed by atoms with Crippen molar-refractivity contribution in [3.63, 3.8) is 0 Å². The van der Waals surface area contributed by atoms with E-state index in [1.54, 1.807) is 25.6 Å². The third-order valence-corrected chi connectivity index (χ3v) is 7.59. The molecule has 2 N–H and O–H groups in total. The first-order chi connectivity index (χ1) is 18.2. The molecule has 0 bridgehead atoms. The number of ether oxygens (including phenoxy) is 3. The predicted molar refractivity (Wildman–Crippen MR) is 147 cm³/mol. The summed E-state index contributed by atoms with van der Waals surface area (Å²) in [6.45, 7) is 4.69. The minimum Gasteiger partial charge on any atom is -0.493 e. The molecule has 0 radical (unpaired) electrons. The van der Waals surface area contributed by atoms with Crippen molar-refractivity contribution in [1.82, 2.24) is 19.5 Å². The Morgan fingerprint density at radius 3 is 2.55 bits per heavy atom. The summed E-state index contributed by atoms with van der Waals surface area (Å²) in [5.41, 5.74) is 2.44. The summed E-state index contributed by atoms with van der Waals surface area (Å²) in [5, 5.41) is 9.33. The maximum Gasteiger partial charge on any atom is 0.173 e. The Bertz CT molecular complexity index is 1510. The first-order valence-corrected chi connectivity index (χ1v) is 13.4. The van der Waals surface area contributed by atoms with Gasteiger partial charge in [0.15, 0.2) is 22.6 Å². The number of methoxy groups -OCH3 is 1. The highest BCUT2D eigenvalue weighted by Gasteiger charge is 2.27. The molecule has 1 saturated carbocycles. The second-order valence-electron chi connectivity index (χ2n) is 10.1. The lowest BCUT2D eigenvalue weighted by atomic mass is 10.1. The number of hydrogen-bond donors (Lipinski definition) is 2. The fourth-order valence-electron chi connectivity index (χ4n) is 4.64. The molecular formula is C28H31Cl2N5O3. The molecule has 2 heterocycles. The van der Waals surface area contributed by atoms with Crippen LogP contribution in [0.5, 0.6) is 11.5 Å². The van der Waals surface area contributed by atoms with Crippen molar-refractivity contribution in [2.24, 2.45) is 0 Å². The molecule has 4 aromatic rings. The molecule has 1 aliphatic rings. The fraction of sp³-hybridized carbons (Fsp3) is 0.393. The molecule has 2 aromatic heterocycles. The number of aromatic nitrogens is 4. The van der Waals surface area contributed by atoms with Crippen LogP contribution in [0.2, 0.25) is 10.0 Å². The summed E-state index contributed by atoms with van der Waals surface area (Å²) in [5.74, 6) is 2.07. The van der Waals surface area contributed by atoms with E-state index in [4.69, 9.17) is 47.8 Å². The average Bonchev–Trinajstić information content (AvgIpc) is 3.58. The van der Waals surface area contributed by atoms with Gasteiger partial charge in [0.05, 0.1) is 42.7 Å². The van der Waals surface area contributed by atoms with Crippen LogP contribution in [-0.4, -0.2) is 32.7 Å². The van der Waals surface area contributed by atoms with Crippen molar-refractivity contribution in [3.05, 3.63) is 75.2 Å². The van der Waals surface area contributed by atoms with Gasteiger partial charge >= 0.3 is 0 Å². The summed E-state index contributed by atoms with van der Waals surface area (Å²) in [4.78, 5) is 12.4. The van der Waals surface area contributed by atoms with Crippen LogP contribution in [0.25, 0.3) is 11.2 Å². The molecular weight excluding hydrogens is 525 g/mol. The summed E-state index contributed by atoms with van der Waals surface area (Å²) < 4.78 is 19.9. The molecule has 0 saturated heterocycles. The van der Waals surface area contributed by atoms with Gasteiger partial charge in [-0.3, -0.25) is 5.41 Å². The Morgan fingerprint density at radius 1 is 1.05 bits per heavy atom. The van der Waals surface area contributed by atoms with Crippen LogP contribution >= 0.6 is 23.2 Å². The largest absolute Gasteiger partial charge is 0.493 e.